The van der Waals surface area contributed by atoms with E-state index >= 15 is 0 Å². The van der Waals surface area contributed by atoms with E-state index in [0.29, 0.717) is 12.6 Å². The first-order chi connectivity index (χ1) is 10.6. The Morgan fingerprint density at radius 3 is 2.58 bits per heavy atom. The summed E-state index contributed by atoms with van der Waals surface area (Å²) >= 11 is 0. The van der Waals surface area contributed by atoms with Crippen LogP contribution in [0.25, 0.3) is 0 Å². The fourth-order valence-corrected chi connectivity index (χ4v) is 3.02. The molecule has 1 fully saturated rings. The molecule has 0 radical (unpaired) electrons. The lowest BCUT2D eigenvalue weighted by Gasteiger charge is -2.33. The van der Waals surface area contributed by atoms with Crippen LogP contribution in [0, 0.1) is 6.92 Å². The highest BCUT2D eigenvalue weighted by Crippen LogP contribution is 2.16. The fourth-order valence-electron chi connectivity index (χ4n) is 3.02. The second-order valence-electron chi connectivity index (χ2n) is 6.41. The summed E-state index contributed by atoms with van der Waals surface area (Å²) < 4.78 is 0. The van der Waals surface area contributed by atoms with Gasteiger partial charge in [-0.3, -0.25) is 4.79 Å². The SMILES string of the molecule is Cc1ccc(C(N)C(=O)NCCCN2CCCCC2C)cc1.Cl.Cl. The number of likely N-dealkylation sites (tertiary alicyclic amines) is 1. The molecule has 0 saturated carbocycles. The number of carbonyl (C=O) groups excluding carboxylic acids is 1. The molecule has 2 atom stereocenters. The molecule has 2 unspecified atom stereocenters. The van der Waals surface area contributed by atoms with Crippen LogP contribution in [-0.2, 0) is 4.79 Å². The average molecular weight is 376 g/mol. The summed E-state index contributed by atoms with van der Waals surface area (Å²) in [6.07, 6.45) is 4.93. The first-order valence-electron chi connectivity index (χ1n) is 8.42. The van der Waals surface area contributed by atoms with Crippen molar-refractivity contribution in [2.45, 2.75) is 51.6 Å². The number of rotatable bonds is 6. The summed E-state index contributed by atoms with van der Waals surface area (Å²) in [4.78, 5) is 14.6. The van der Waals surface area contributed by atoms with Gasteiger partial charge in [-0.05, 0) is 45.2 Å². The van der Waals surface area contributed by atoms with Crippen molar-refractivity contribution >= 4 is 30.7 Å². The van der Waals surface area contributed by atoms with E-state index in [2.05, 4.69) is 17.1 Å². The first kappa shape index (κ1) is 23.2. The average Bonchev–Trinajstić information content (AvgIpc) is 2.53. The van der Waals surface area contributed by atoms with Crippen molar-refractivity contribution in [3.8, 4) is 0 Å². The number of hydrogen-bond acceptors (Lipinski definition) is 3. The van der Waals surface area contributed by atoms with E-state index in [1.807, 2.05) is 31.2 Å². The van der Waals surface area contributed by atoms with E-state index in [-0.39, 0.29) is 30.7 Å². The minimum atomic E-state index is -0.575. The number of carbonyl (C=O) groups is 1. The number of piperidine rings is 1. The predicted molar refractivity (Wildman–Crippen MR) is 105 cm³/mol. The molecule has 1 heterocycles. The van der Waals surface area contributed by atoms with Crippen molar-refractivity contribution in [1.82, 2.24) is 10.2 Å². The van der Waals surface area contributed by atoms with Gasteiger partial charge in [0.2, 0.25) is 5.91 Å². The third-order valence-corrected chi connectivity index (χ3v) is 4.58. The lowest BCUT2D eigenvalue weighted by molar-refractivity contribution is -0.122. The molecular formula is C18H31Cl2N3O. The molecule has 0 aromatic heterocycles. The molecule has 1 amide bonds. The standard InChI is InChI=1S/C18H29N3O.2ClH/c1-14-7-9-16(10-8-14)17(19)18(22)20-11-5-13-21-12-4-3-6-15(21)2;;/h7-10,15,17H,3-6,11-13,19H2,1-2H3,(H,20,22);2*1H. The lowest BCUT2D eigenvalue weighted by atomic mass is 10.0. The van der Waals surface area contributed by atoms with Gasteiger partial charge >= 0.3 is 0 Å². The number of nitrogens with zero attached hydrogens (tertiary/aromatic N) is 1. The topological polar surface area (TPSA) is 58.4 Å². The molecule has 1 saturated heterocycles. The van der Waals surface area contributed by atoms with Crippen molar-refractivity contribution in [2.75, 3.05) is 19.6 Å². The highest BCUT2D eigenvalue weighted by Gasteiger charge is 2.18. The van der Waals surface area contributed by atoms with Gasteiger partial charge in [-0.2, -0.15) is 0 Å². The van der Waals surface area contributed by atoms with E-state index in [0.717, 1.165) is 18.5 Å². The zero-order chi connectivity index (χ0) is 15.9. The summed E-state index contributed by atoms with van der Waals surface area (Å²) in [6, 6.07) is 7.93. The van der Waals surface area contributed by atoms with Crippen molar-refractivity contribution in [3.05, 3.63) is 35.4 Å². The van der Waals surface area contributed by atoms with Gasteiger partial charge in [0.25, 0.3) is 0 Å². The van der Waals surface area contributed by atoms with E-state index in [1.165, 1.54) is 31.4 Å². The van der Waals surface area contributed by atoms with Crippen LogP contribution in [0.1, 0.15) is 49.8 Å². The molecule has 138 valence electrons. The van der Waals surface area contributed by atoms with Crippen molar-refractivity contribution in [1.29, 1.82) is 0 Å². The number of halogens is 2. The zero-order valence-corrected chi connectivity index (χ0v) is 16.3. The third kappa shape index (κ3) is 6.98. The molecule has 1 aromatic rings. The molecule has 4 nitrogen and oxygen atoms in total. The maximum atomic E-state index is 12.1. The van der Waals surface area contributed by atoms with Crippen LogP contribution in [0.5, 0.6) is 0 Å². The molecule has 1 aliphatic heterocycles. The van der Waals surface area contributed by atoms with Crippen molar-refractivity contribution in [2.24, 2.45) is 5.73 Å². The minimum Gasteiger partial charge on any atom is -0.354 e. The zero-order valence-electron chi connectivity index (χ0n) is 14.7. The van der Waals surface area contributed by atoms with Gasteiger partial charge in [0, 0.05) is 19.1 Å². The fraction of sp³-hybridized carbons (Fsp3) is 0.611. The van der Waals surface area contributed by atoms with Gasteiger partial charge in [0.05, 0.1) is 0 Å². The van der Waals surface area contributed by atoms with E-state index in [9.17, 15) is 4.79 Å². The van der Waals surface area contributed by atoms with E-state index in [4.69, 9.17) is 5.73 Å². The summed E-state index contributed by atoms with van der Waals surface area (Å²) in [5, 5.41) is 2.96. The Labute approximate surface area is 158 Å². The van der Waals surface area contributed by atoms with Gasteiger partial charge in [0.1, 0.15) is 6.04 Å². The Kier molecular flexibility index (Phi) is 11.3. The number of hydrogen-bond donors (Lipinski definition) is 2. The molecular weight excluding hydrogens is 345 g/mol. The quantitative estimate of drug-likeness (QED) is 0.750. The molecule has 1 aliphatic rings. The maximum absolute atomic E-state index is 12.1. The maximum Gasteiger partial charge on any atom is 0.241 e. The van der Waals surface area contributed by atoms with Gasteiger partial charge < -0.3 is 16.0 Å². The van der Waals surface area contributed by atoms with Crippen LogP contribution in [0.3, 0.4) is 0 Å². The second-order valence-corrected chi connectivity index (χ2v) is 6.41. The third-order valence-electron chi connectivity index (χ3n) is 4.58. The number of nitrogens with one attached hydrogen (secondary N) is 1. The van der Waals surface area contributed by atoms with Gasteiger partial charge in [-0.1, -0.05) is 36.2 Å². The van der Waals surface area contributed by atoms with Crippen molar-refractivity contribution in [3.63, 3.8) is 0 Å². The highest BCUT2D eigenvalue weighted by atomic mass is 35.5. The molecule has 0 bridgehead atoms. The van der Waals surface area contributed by atoms with Gasteiger partial charge in [-0.15, -0.1) is 24.8 Å². The largest absolute Gasteiger partial charge is 0.354 e. The van der Waals surface area contributed by atoms with Crippen LogP contribution >= 0.6 is 24.8 Å². The molecule has 6 heteroatoms. The monoisotopic (exact) mass is 375 g/mol. The number of aryl methyl sites for hydroxylation is 1. The lowest BCUT2D eigenvalue weighted by Crippen LogP contribution is -2.40. The first-order valence-corrected chi connectivity index (χ1v) is 8.42. The van der Waals surface area contributed by atoms with E-state index < -0.39 is 6.04 Å². The molecule has 24 heavy (non-hydrogen) atoms. The molecule has 1 aromatic carbocycles. The van der Waals surface area contributed by atoms with Crippen LogP contribution in [-0.4, -0.2) is 36.5 Å². The highest BCUT2D eigenvalue weighted by molar-refractivity contribution is 5.85. The molecule has 0 spiro atoms. The number of amides is 1. The Morgan fingerprint density at radius 2 is 1.96 bits per heavy atom. The Morgan fingerprint density at radius 1 is 1.29 bits per heavy atom. The van der Waals surface area contributed by atoms with Crippen LogP contribution in [0.4, 0.5) is 0 Å². The summed E-state index contributed by atoms with van der Waals surface area (Å²) in [7, 11) is 0. The minimum absolute atomic E-state index is 0. The smallest absolute Gasteiger partial charge is 0.241 e. The van der Waals surface area contributed by atoms with Gasteiger partial charge in [0.15, 0.2) is 0 Å². The normalized spacial score (nSPS) is 18.9. The number of benzene rings is 1. The van der Waals surface area contributed by atoms with Gasteiger partial charge in [-0.25, -0.2) is 0 Å². The van der Waals surface area contributed by atoms with Crippen LogP contribution in [0.2, 0.25) is 0 Å². The Bertz CT molecular complexity index is 482. The van der Waals surface area contributed by atoms with Crippen LogP contribution in [0.15, 0.2) is 24.3 Å². The Hall–Kier alpha value is -0.810. The molecule has 2 rings (SSSR count). The molecule has 0 aliphatic carbocycles. The summed E-state index contributed by atoms with van der Waals surface area (Å²) in [6.45, 7) is 7.27. The Balaban J connectivity index is 0.00000264. The number of nitrogens with two attached hydrogens (primary N) is 1. The van der Waals surface area contributed by atoms with Crippen molar-refractivity contribution < 1.29 is 4.79 Å². The molecule has 3 N–H and O–H groups in total. The second kappa shape index (κ2) is 11.7. The predicted octanol–water partition coefficient (Wildman–Crippen LogP) is 3.22. The summed E-state index contributed by atoms with van der Waals surface area (Å²) in [5.41, 5.74) is 8.05. The van der Waals surface area contributed by atoms with E-state index in [1.54, 1.807) is 0 Å². The van der Waals surface area contributed by atoms with Crippen LogP contribution < -0.4 is 11.1 Å². The summed E-state index contributed by atoms with van der Waals surface area (Å²) in [5.74, 6) is -0.0875.